The van der Waals surface area contributed by atoms with Gasteiger partial charge in [-0.2, -0.15) is 0 Å². The Morgan fingerprint density at radius 1 is 1.21 bits per heavy atom. The largest absolute Gasteiger partial charge is 0.319 e. The van der Waals surface area contributed by atoms with Gasteiger partial charge in [-0.05, 0) is 44.1 Å². The Kier molecular flexibility index (Phi) is 3.42. The summed E-state index contributed by atoms with van der Waals surface area (Å²) in [4.78, 5) is 4.60. The van der Waals surface area contributed by atoms with Crippen LogP contribution in [0, 0.1) is 6.92 Å². The van der Waals surface area contributed by atoms with Crippen molar-refractivity contribution in [3.8, 4) is 0 Å². The van der Waals surface area contributed by atoms with E-state index < -0.39 is 0 Å². The van der Waals surface area contributed by atoms with E-state index in [1.165, 1.54) is 18.4 Å². The lowest BCUT2D eigenvalue weighted by Gasteiger charge is -2.35. The molecule has 1 heterocycles. The molecule has 3 rings (SSSR count). The fourth-order valence-electron chi connectivity index (χ4n) is 2.99. The Bertz CT molecular complexity index is 539. The lowest BCUT2D eigenvalue weighted by Crippen LogP contribution is -2.40. The van der Waals surface area contributed by atoms with E-state index in [1.54, 1.807) is 11.3 Å². The average molecular weight is 272 g/mol. The highest BCUT2D eigenvalue weighted by atomic mass is 32.1. The fraction of sp³-hybridized carbons (Fsp3) is 0.438. The molecule has 1 aromatic carbocycles. The van der Waals surface area contributed by atoms with Gasteiger partial charge in [0.25, 0.3) is 0 Å². The highest BCUT2D eigenvalue weighted by molar-refractivity contribution is 7.09. The quantitative estimate of drug-likeness (QED) is 0.898. The van der Waals surface area contributed by atoms with Crippen LogP contribution in [0.2, 0.25) is 0 Å². The van der Waals surface area contributed by atoms with Gasteiger partial charge < -0.3 is 5.73 Å². The molecule has 0 radical (unpaired) electrons. The highest BCUT2D eigenvalue weighted by Crippen LogP contribution is 2.42. The van der Waals surface area contributed by atoms with Crippen LogP contribution >= 0.6 is 11.3 Å². The molecule has 2 N–H and O–H groups in total. The summed E-state index contributed by atoms with van der Waals surface area (Å²) in [6.07, 6.45) is 4.41. The predicted molar refractivity (Wildman–Crippen MR) is 80.4 cm³/mol. The zero-order valence-electron chi connectivity index (χ0n) is 11.3. The summed E-state index contributed by atoms with van der Waals surface area (Å²) in [5, 5.41) is 3.23. The maximum atomic E-state index is 6.58. The Morgan fingerprint density at radius 3 is 2.47 bits per heavy atom. The Morgan fingerprint density at radius 2 is 1.89 bits per heavy atom. The van der Waals surface area contributed by atoms with Crippen LogP contribution in [0.4, 0.5) is 0 Å². The van der Waals surface area contributed by atoms with Crippen molar-refractivity contribution < 1.29 is 0 Å². The molecule has 19 heavy (non-hydrogen) atoms. The number of nitrogens with two attached hydrogens (primary N) is 1. The molecule has 0 atom stereocenters. The third kappa shape index (κ3) is 2.58. The molecule has 1 aliphatic rings. The van der Waals surface area contributed by atoms with Crippen LogP contribution in [0.1, 0.15) is 47.9 Å². The van der Waals surface area contributed by atoms with Crippen LogP contribution < -0.4 is 5.73 Å². The highest BCUT2D eigenvalue weighted by Gasteiger charge is 2.35. The smallest absolute Gasteiger partial charge is 0.113 e. The topological polar surface area (TPSA) is 38.9 Å². The van der Waals surface area contributed by atoms with Crippen molar-refractivity contribution in [2.45, 2.75) is 44.1 Å². The number of aryl methyl sites for hydroxylation is 1. The first-order valence-electron chi connectivity index (χ1n) is 6.94. The fourth-order valence-corrected chi connectivity index (χ4v) is 3.96. The van der Waals surface area contributed by atoms with Gasteiger partial charge in [-0.25, -0.2) is 4.98 Å². The van der Waals surface area contributed by atoms with Crippen LogP contribution in [-0.4, -0.2) is 4.98 Å². The molecule has 0 saturated heterocycles. The first-order chi connectivity index (χ1) is 9.17. The molecule has 0 bridgehead atoms. The third-order valence-corrected chi connectivity index (χ3v) is 5.37. The number of aromatic nitrogens is 1. The number of hydrogen-bond acceptors (Lipinski definition) is 3. The van der Waals surface area contributed by atoms with Crippen molar-refractivity contribution in [3.63, 3.8) is 0 Å². The summed E-state index contributed by atoms with van der Waals surface area (Å²) in [7, 11) is 0. The molecule has 1 saturated carbocycles. The van der Waals surface area contributed by atoms with Crippen LogP contribution in [0.5, 0.6) is 0 Å². The third-order valence-electron chi connectivity index (χ3n) is 4.19. The monoisotopic (exact) mass is 272 g/mol. The normalized spacial score (nSPS) is 27.4. The Balaban J connectivity index is 1.72. The molecule has 0 aliphatic heterocycles. The van der Waals surface area contributed by atoms with Gasteiger partial charge >= 0.3 is 0 Å². The lowest BCUT2D eigenvalue weighted by atomic mass is 9.75. The molecule has 1 aromatic heterocycles. The van der Waals surface area contributed by atoms with Crippen molar-refractivity contribution in [1.82, 2.24) is 4.98 Å². The van der Waals surface area contributed by atoms with E-state index >= 15 is 0 Å². The molecule has 0 spiro atoms. The number of benzene rings is 1. The second-order valence-electron chi connectivity index (χ2n) is 5.64. The van der Waals surface area contributed by atoms with Gasteiger partial charge in [-0.15, -0.1) is 11.3 Å². The van der Waals surface area contributed by atoms with E-state index in [1.807, 2.05) is 6.92 Å². The lowest BCUT2D eigenvalue weighted by molar-refractivity contribution is 0.276. The number of rotatable bonds is 2. The van der Waals surface area contributed by atoms with E-state index in [9.17, 15) is 0 Å². The van der Waals surface area contributed by atoms with Crippen LogP contribution in [0.15, 0.2) is 35.7 Å². The number of thiazole rings is 1. The van der Waals surface area contributed by atoms with E-state index in [0.717, 1.165) is 23.5 Å². The van der Waals surface area contributed by atoms with Gasteiger partial charge in [0.2, 0.25) is 0 Å². The average Bonchev–Trinajstić information content (AvgIpc) is 2.88. The molecule has 100 valence electrons. The van der Waals surface area contributed by atoms with Crippen molar-refractivity contribution in [2.75, 3.05) is 0 Å². The van der Waals surface area contributed by atoms with Gasteiger partial charge in [0.1, 0.15) is 5.01 Å². The maximum absolute atomic E-state index is 6.58. The minimum atomic E-state index is -0.190. The molecule has 0 unspecified atom stereocenters. The minimum absolute atomic E-state index is 0.190. The molecular formula is C16H20N2S. The van der Waals surface area contributed by atoms with Gasteiger partial charge in [0.05, 0.1) is 5.54 Å². The van der Waals surface area contributed by atoms with Crippen molar-refractivity contribution in [2.24, 2.45) is 5.73 Å². The zero-order valence-corrected chi connectivity index (χ0v) is 12.1. The molecule has 3 heteroatoms. The second kappa shape index (κ2) is 5.06. The molecule has 0 amide bonds. The molecule has 2 aromatic rings. The summed E-state index contributed by atoms with van der Waals surface area (Å²) in [6.45, 7) is 2.04. The zero-order chi connectivity index (χ0) is 13.3. The van der Waals surface area contributed by atoms with Crippen LogP contribution in [0.25, 0.3) is 0 Å². The Labute approximate surface area is 118 Å². The molecule has 2 nitrogen and oxygen atoms in total. The van der Waals surface area contributed by atoms with Crippen molar-refractivity contribution in [3.05, 3.63) is 52.0 Å². The first kappa shape index (κ1) is 12.8. The van der Waals surface area contributed by atoms with Crippen LogP contribution in [0.3, 0.4) is 0 Å². The Hall–Kier alpha value is -1.19. The summed E-state index contributed by atoms with van der Waals surface area (Å²) in [6, 6.07) is 10.8. The maximum Gasteiger partial charge on any atom is 0.113 e. The minimum Gasteiger partial charge on any atom is -0.319 e. The van der Waals surface area contributed by atoms with Gasteiger partial charge in [-0.1, -0.05) is 30.3 Å². The van der Waals surface area contributed by atoms with Gasteiger partial charge in [-0.3, -0.25) is 0 Å². The predicted octanol–water partition coefficient (Wildman–Crippen LogP) is 3.96. The molecule has 1 aliphatic carbocycles. The van der Waals surface area contributed by atoms with Gasteiger partial charge in [0.15, 0.2) is 0 Å². The number of hydrogen-bond donors (Lipinski definition) is 1. The summed E-state index contributed by atoms with van der Waals surface area (Å²) in [5.41, 5.74) is 8.94. The van der Waals surface area contributed by atoms with E-state index in [-0.39, 0.29) is 5.54 Å². The summed E-state index contributed by atoms with van der Waals surface area (Å²) < 4.78 is 0. The summed E-state index contributed by atoms with van der Waals surface area (Å²) >= 11 is 1.72. The van der Waals surface area contributed by atoms with Crippen molar-refractivity contribution >= 4 is 11.3 Å². The molecular weight excluding hydrogens is 252 g/mol. The summed E-state index contributed by atoms with van der Waals surface area (Å²) in [5.74, 6) is 0.666. The molecule has 1 fully saturated rings. The standard InChI is InChI=1S/C16H20N2S/c1-12-11-19-15(18-12)16(17)9-7-14(8-10-16)13-5-3-2-4-6-13/h2-6,11,14H,7-10,17H2,1H3. The first-order valence-corrected chi connectivity index (χ1v) is 7.82. The van der Waals surface area contributed by atoms with Crippen LogP contribution in [-0.2, 0) is 5.54 Å². The van der Waals surface area contributed by atoms with E-state index in [2.05, 4.69) is 40.7 Å². The van der Waals surface area contributed by atoms with Crippen molar-refractivity contribution in [1.29, 1.82) is 0 Å². The SMILES string of the molecule is Cc1csc(C2(N)CCC(c3ccccc3)CC2)n1. The second-order valence-corrected chi connectivity index (χ2v) is 6.49. The van der Waals surface area contributed by atoms with E-state index in [0.29, 0.717) is 5.92 Å². The number of nitrogens with zero attached hydrogens (tertiary/aromatic N) is 1. The van der Waals surface area contributed by atoms with E-state index in [4.69, 9.17) is 5.73 Å². The van der Waals surface area contributed by atoms with Gasteiger partial charge in [0, 0.05) is 11.1 Å².